The summed E-state index contributed by atoms with van der Waals surface area (Å²) >= 11 is 3.02. The van der Waals surface area contributed by atoms with Crippen LogP contribution in [-0.4, -0.2) is 42.5 Å². The second-order valence-electron chi connectivity index (χ2n) is 6.36. The van der Waals surface area contributed by atoms with Gasteiger partial charge in [0.05, 0.1) is 5.69 Å². The molecule has 0 aliphatic carbocycles. The molecule has 4 rings (SSSR count). The number of thioether (sulfide) groups is 1. The minimum atomic E-state index is -0.131. The van der Waals surface area contributed by atoms with Gasteiger partial charge in [0, 0.05) is 31.3 Å². The zero-order chi connectivity index (χ0) is 18.1. The van der Waals surface area contributed by atoms with Crippen LogP contribution in [0, 0.1) is 0 Å². The molecule has 138 valence electrons. The Morgan fingerprint density at radius 1 is 1.42 bits per heavy atom. The first-order valence-electron chi connectivity index (χ1n) is 8.77. The number of aromatic nitrogens is 6. The van der Waals surface area contributed by atoms with Gasteiger partial charge in [-0.25, -0.2) is 4.98 Å². The fourth-order valence-electron chi connectivity index (χ4n) is 3.13. The number of rotatable bonds is 5. The summed E-state index contributed by atoms with van der Waals surface area (Å²) in [5.74, 6) is 2.03. The zero-order valence-electron chi connectivity index (χ0n) is 14.8. The zero-order valence-corrected chi connectivity index (χ0v) is 16.4. The molecule has 0 aromatic carbocycles. The van der Waals surface area contributed by atoms with E-state index >= 15 is 0 Å². The molecule has 1 aliphatic rings. The normalized spacial score (nSPS) is 17.8. The third-order valence-electron chi connectivity index (χ3n) is 4.52. The highest BCUT2D eigenvalue weighted by Gasteiger charge is 2.21. The molecule has 0 bridgehead atoms. The lowest BCUT2D eigenvalue weighted by Crippen LogP contribution is -2.29. The van der Waals surface area contributed by atoms with Crippen molar-refractivity contribution in [2.24, 2.45) is 7.05 Å². The molecule has 0 amide bonds. The highest BCUT2D eigenvalue weighted by Crippen LogP contribution is 2.26. The van der Waals surface area contributed by atoms with Crippen molar-refractivity contribution in [3.05, 3.63) is 32.9 Å². The first-order valence-corrected chi connectivity index (χ1v) is 10.6. The SMILES string of the molecule is CCc1nn2c(=O)cc(CSc3nnc([C@H]4CCCNC4)n3C)nc2s1. The second-order valence-corrected chi connectivity index (χ2v) is 8.34. The van der Waals surface area contributed by atoms with Crippen molar-refractivity contribution in [3.63, 3.8) is 0 Å². The first kappa shape index (κ1) is 17.6. The molecule has 1 N–H and O–H groups in total. The van der Waals surface area contributed by atoms with E-state index in [-0.39, 0.29) is 5.56 Å². The molecule has 26 heavy (non-hydrogen) atoms. The topological polar surface area (TPSA) is 90.0 Å². The number of nitrogens with one attached hydrogen (secondary N) is 1. The Labute approximate surface area is 159 Å². The van der Waals surface area contributed by atoms with Gasteiger partial charge in [0.1, 0.15) is 10.8 Å². The minimum Gasteiger partial charge on any atom is -0.316 e. The van der Waals surface area contributed by atoms with Crippen molar-refractivity contribution >= 4 is 28.1 Å². The maximum absolute atomic E-state index is 12.2. The van der Waals surface area contributed by atoms with Crippen molar-refractivity contribution in [1.29, 1.82) is 0 Å². The third-order valence-corrected chi connectivity index (χ3v) is 6.63. The van der Waals surface area contributed by atoms with E-state index in [1.807, 2.05) is 14.0 Å². The molecule has 1 aliphatic heterocycles. The fraction of sp³-hybridized carbons (Fsp3) is 0.562. The van der Waals surface area contributed by atoms with Gasteiger partial charge >= 0.3 is 0 Å². The monoisotopic (exact) mass is 391 g/mol. The summed E-state index contributed by atoms with van der Waals surface area (Å²) in [5.41, 5.74) is 0.615. The van der Waals surface area contributed by atoms with Gasteiger partial charge in [-0.15, -0.1) is 10.2 Å². The molecule has 0 unspecified atom stereocenters. The van der Waals surface area contributed by atoms with Gasteiger partial charge in [-0.3, -0.25) is 4.79 Å². The number of aryl methyl sites for hydroxylation is 1. The molecule has 0 saturated carbocycles. The maximum atomic E-state index is 12.2. The van der Waals surface area contributed by atoms with Gasteiger partial charge in [0.25, 0.3) is 5.56 Å². The van der Waals surface area contributed by atoms with Crippen molar-refractivity contribution in [2.45, 2.75) is 43.0 Å². The molecule has 1 saturated heterocycles. The minimum absolute atomic E-state index is 0.131. The molecule has 4 heterocycles. The van der Waals surface area contributed by atoms with Crippen LogP contribution in [0.15, 0.2) is 16.0 Å². The van der Waals surface area contributed by atoms with Crippen LogP contribution in [0.2, 0.25) is 0 Å². The molecule has 0 spiro atoms. The van der Waals surface area contributed by atoms with E-state index in [0.29, 0.717) is 16.6 Å². The van der Waals surface area contributed by atoms with Crippen LogP contribution >= 0.6 is 23.1 Å². The first-order chi connectivity index (χ1) is 12.7. The molecule has 3 aromatic heterocycles. The van der Waals surface area contributed by atoms with E-state index < -0.39 is 0 Å². The molecule has 1 atom stereocenters. The van der Waals surface area contributed by atoms with E-state index in [1.54, 1.807) is 17.8 Å². The predicted octanol–water partition coefficient (Wildman–Crippen LogP) is 1.60. The lowest BCUT2D eigenvalue weighted by molar-refractivity contribution is 0.436. The molecule has 10 heteroatoms. The fourth-order valence-corrected chi connectivity index (χ4v) is 4.80. The predicted molar refractivity (Wildman–Crippen MR) is 102 cm³/mol. The number of nitrogens with zero attached hydrogens (tertiary/aromatic N) is 6. The standard InChI is InChI=1S/C16H21N7OS2/c1-3-12-21-23-13(24)7-11(18-15(23)26-12)9-25-16-20-19-14(22(16)2)10-5-4-6-17-8-10/h7,10,17H,3-6,8-9H2,1-2H3/t10-/m0/s1. The maximum Gasteiger partial charge on any atom is 0.275 e. The summed E-state index contributed by atoms with van der Waals surface area (Å²) in [6.07, 6.45) is 3.11. The van der Waals surface area contributed by atoms with Crippen LogP contribution in [0.1, 0.15) is 42.2 Å². The van der Waals surface area contributed by atoms with Gasteiger partial charge in [0.15, 0.2) is 5.16 Å². The molecule has 0 radical (unpaired) electrons. The third kappa shape index (κ3) is 3.40. The number of hydrogen-bond donors (Lipinski definition) is 1. The summed E-state index contributed by atoms with van der Waals surface area (Å²) in [5, 5.41) is 18.2. The van der Waals surface area contributed by atoms with E-state index in [2.05, 4.69) is 30.2 Å². The summed E-state index contributed by atoms with van der Waals surface area (Å²) in [6, 6.07) is 1.56. The number of hydrogen-bond acceptors (Lipinski definition) is 8. The Kier molecular flexibility index (Phi) is 5.05. The van der Waals surface area contributed by atoms with Crippen LogP contribution in [0.25, 0.3) is 4.96 Å². The molecule has 1 fully saturated rings. The number of fused-ring (bicyclic) bond motifs is 1. The highest BCUT2D eigenvalue weighted by atomic mass is 32.2. The largest absolute Gasteiger partial charge is 0.316 e. The van der Waals surface area contributed by atoms with Crippen molar-refractivity contribution in [2.75, 3.05) is 13.1 Å². The van der Waals surface area contributed by atoms with Crippen molar-refractivity contribution in [3.8, 4) is 0 Å². The summed E-state index contributed by atoms with van der Waals surface area (Å²) < 4.78 is 3.45. The molecule has 8 nitrogen and oxygen atoms in total. The van der Waals surface area contributed by atoms with Gasteiger partial charge in [0.2, 0.25) is 4.96 Å². The van der Waals surface area contributed by atoms with Crippen LogP contribution in [-0.2, 0) is 19.2 Å². The Morgan fingerprint density at radius 2 is 2.31 bits per heavy atom. The van der Waals surface area contributed by atoms with Crippen molar-refractivity contribution in [1.82, 2.24) is 34.7 Å². The van der Waals surface area contributed by atoms with Crippen LogP contribution in [0.4, 0.5) is 0 Å². The van der Waals surface area contributed by atoms with E-state index in [4.69, 9.17) is 0 Å². The Morgan fingerprint density at radius 3 is 3.08 bits per heavy atom. The molecule has 3 aromatic rings. The Balaban J connectivity index is 1.51. The van der Waals surface area contributed by atoms with Gasteiger partial charge in [-0.05, 0) is 25.8 Å². The summed E-state index contributed by atoms with van der Waals surface area (Å²) in [4.78, 5) is 17.5. The highest BCUT2D eigenvalue weighted by molar-refractivity contribution is 7.98. The summed E-state index contributed by atoms with van der Waals surface area (Å²) in [7, 11) is 2.01. The summed E-state index contributed by atoms with van der Waals surface area (Å²) in [6.45, 7) is 4.06. The van der Waals surface area contributed by atoms with Gasteiger partial charge in [-0.1, -0.05) is 30.0 Å². The lowest BCUT2D eigenvalue weighted by atomic mass is 9.99. The van der Waals surface area contributed by atoms with E-state index in [0.717, 1.165) is 47.6 Å². The number of piperidine rings is 1. The van der Waals surface area contributed by atoms with Crippen LogP contribution < -0.4 is 10.9 Å². The van der Waals surface area contributed by atoms with Gasteiger partial charge < -0.3 is 9.88 Å². The molecular formula is C16H21N7OS2. The smallest absolute Gasteiger partial charge is 0.275 e. The lowest BCUT2D eigenvalue weighted by Gasteiger charge is -2.21. The van der Waals surface area contributed by atoms with Gasteiger partial charge in [-0.2, -0.15) is 9.61 Å². The van der Waals surface area contributed by atoms with Crippen LogP contribution in [0.5, 0.6) is 0 Å². The molecular weight excluding hydrogens is 370 g/mol. The van der Waals surface area contributed by atoms with Crippen molar-refractivity contribution < 1.29 is 0 Å². The van der Waals surface area contributed by atoms with Crippen LogP contribution in [0.3, 0.4) is 0 Å². The Bertz CT molecular complexity index is 971. The average Bonchev–Trinajstić information content (AvgIpc) is 3.24. The Hall–Kier alpha value is -1.78. The van der Waals surface area contributed by atoms with E-state index in [1.165, 1.54) is 22.3 Å². The van der Waals surface area contributed by atoms with E-state index in [9.17, 15) is 4.79 Å². The average molecular weight is 392 g/mol. The quantitative estimate of drug-likeness (QED) is 0.661. The second kappa shape index (κ2) is 7.45.